The molecule has 2 aromatic heterocycles. The van der Waals surface area contributed by atoms with Crippen molar-refractivity contribution in [2.45, 2.75) is 59.9 Å². The van der Waals surface area contributed by atoms with Gasteiger partial charge in [0.05, 0.1) is 5.70 Å². The zero-order valence-electron chi connectivity index (χ0n) is 21.5. The molecule has 1 aliphatic rings. The number of piperidine rings is 1. The highest BCUT2D eigenvalue weighted by Gasteiger charge is 2.31. The smallest absolute Gasteiger partial charge is 0.142 e. The highest BCUT2D eigenvalue weighted by molar-refractivity contribution is 5.90. The molecule has 0 atom stereocenters. The standard InChI is InChI=1S/C25H32N4O.C2H6.C2H4/c1-4-25(5-2)12-16-28(17-13-25)23-10-14-26-24-22(23)11-15-29(24)18-20-6-8-21(9-7-20)19(3)27-30;2*1-2/h6-11,14-15,27,30H,3-5,12-13,16-18H2,1-2H3;1-2H3;1-2H2. The number of nitrogens with zero attached hydrogens (tertiary/aromatic N) is 3. The van der Waals surface area contributed by atoms with Crippen LogP contribution in [0.3, 0.4) is 0 Å². The van der Waals surface area contributed by atoms with Crippen LogP contribution in [0.25, 0.3) is 16.7 Å². The van der Waals surface area contributed by atoms with Crippen LogP contribution in [0.15, 0.2) is 68.5 Å². The molecule has 4 rings (SSSR count). The zero-order chi connectivity index (χ0) is 25.1. The summed E-state index contributed by atoms with van der Waals surface area (Å²) in [6, 6.07) is 12.4. The fraction of sp³-hybridized carbons (Fsp3) is 0.414. The van der Waals surface area contributed by atoms with Gasteiger partial charge in [0.25, 0.3) is 0 Å². The number of nitrogens with one attached hydrogen (secondary N) is 1. The molecule has 1 saturated heterocycles. The second kappa shape index (κ2) is 13.0. The summed E-state index contributed by atoms with van der Waals surface area (Å²) in [6.45, 7) is 21.5. The molecule has 0 amide bonds. The topological polar surface area (TPSA) is 53.3 Å². The number of anilines is 1. The van der Waals surface area contributed by atoms with E-state index < -0.39 is 0 Å². The van der Waals surface area contributed by atoms with Gasteiger partial charge < -0.3 is 9.47 Å². The van der Waals surface area contributed by atoms with Crippen molar-refractivity contribution >= 4 is 22.4 Å². The summed E-state index contributed by atoms with van der Waals surface area (Å²) in [5, 5.41) is 10.2. The van der Waals surface area contributed by atoms with Gasteiger partial charge in [-0.15, -0.1) is 13.2 Å². The van der Waals surface area contributed by atoms with E-state index in [1.807, 2.05) is 32.2 Å². The minimum Gasteiger partial charge on any atom is -0.371 e. The molecule has 5 nitrogen and oxygen atoms in total. The Morgan fingerprint density at radius 2 is 1.65 bits per heavy atom. The van der Waals surface area contributed by atoms with Gasteiger partial charge in [0.15, 0.2) is 0 Å². The molecular formula is C29H42N4O. The van der Waals surface area contributed by atoms with Crippen LogP contribution in [0.4, 0.5) is 5.69 Å². The van der Waals surface area contributed by atoms with E-state index in [2.05, 4.69) is 79.0 Å². The van der Waals surface area contributed by atoms with Crippen molar-refractivity contribution in [3.63, 3.8) is 0 Å². The lowest BCUT2D eigenvalue weighted by molar-refractivity contribution is 0.200. The Labute approximate surface area is 205 Å². The van der Waals surface area contributed by atoms with Crippen LogP contribution in [0, 0.1) is 5.41 Å². The first-order valence-corrected chi connectivity index (χ1v) is 12.5. The van der Waals surface area contributed by atoms with Crippen LogP contribution in [-0.4, -0.2) is 27.8 Å². The Kier molecular flexibility index (Phi) is 10.4. The molecule has 184 valence electrons. The number of hydrogen-bond donors (Lipinski definition) is 2. The average Bonchev–Trinajstić information content (AvgIpc) is 3.34. The zero-order valence-corrected chi connectivity index (χ0v) is 21.5. The predicted molar refractivity (Wildman–Crippen MR) is 146 cm³/mol. The van der Waals surface area contributed by atoms with Crippen LogP contribution in [0.1, 0.15) is 64.5 Å². The summed E-state index contributed by atoms with van der Waals surface area (Å²) < 4.78 is 2.21. The quantitative estimate of drug-likeness (QED) is 0.286. The SMILES string of the molecule is C=C.C=C(NO)c1ccc(Cn2ccc3c(N4CCC(CC)(CC)CC4)ccnc32)cc1.CC. The molecule has 3 aromatic rings. The Morgan fingerprint density at radius 3 is 2.21 bits per heavy atom. The lowest BCUT2D eigenvalue weighted by Crippen LogP contribution is -2.39. The maximum absolute atomic E-state index is 9.01. The normalized spacial score (nSPS) is 14.4. The molecule has 5 heteroatoms. The maximum Gasteiger partial charge on any atom is 0.142 e. The van der Waals surface area contributed by atoms with Crippen LogP contribution < -0.4 is 10.4 Å². The van der Waals surface area contributed by atoms with Crippen molar-refractivity contribution in [2.24, 2.45) is 5.41 Å². The maximum atomic E-state index is 9.01. The number of fused-ring (bicyclic) bond motifs is 1. The van der Waals surface area contributed by atoms with E-state index in [-0.39, 0.29) is 0 Å². The predicted octanol–water partition coefficient (Wildman–Crippen LogP) is 7.27. The van der Waals surface area contributed by atoms with Gasteiger partial charge in [-0.1, -0.05) is 71.4 Å². The van der Waals surface area contributed by atoms with Gasteiger partial charge >= 0.3 is 0 Å². The molecule has 0 unspecified atom stereocenters. The molecule has 0 saturated carbocycles. The number of pyridine rings is 1. The fourth-order valence-electron chi connectivity index (χ4n) is 4.73. The molecule has 1 aromatic carbocycles. The van der Waals surface area contributed by atoms with Crippen LogP contribution >= 0.6 is 0 Å². The Bertz CT molecular complexity index is 1020. The molecular weight excluding hydrogens is 420 g/mol. The van der Waals surface area contributed by atoms with E-state index in [4.69, 9.17) is 10.2 Å². The largest absolute Gasteiger partial charge is 0.371 e. The second-order valence-corrected chi connectivity index (χ2v) is 8.49. The summed E-state index contributed by atoms with van der Waals surface area (Å²) >= 11 is 0. The van der Waals surface area contributed by atoms with Crippen molar-refractivity contribution < 1.29 is 5.21 Å². The average molecular weight is 463 g/mol. The van der Waals surface area contributed by atoms with Gasteiger partial charge in [0.1, 0.15) is 5.65 Å². The number of rotatable bonds is 7. The molecule has 3 heterocycles. The minimum absolute atomic E-state index is 0.496. The van der Waals surface area contributed by atoms with Gasteiger partial charge in [0.2, 0.25) is 0 Å². The van der Waals surface area contributed by atoms with Crippen molar-refractivity contribution in [3.05, 3.63) is 79.7 Å². The van der Waals surface area contributed by atoms with Crippen LogP contribution in [0.2, 0.25) is 0 Å². The van der Waals surface area contributed by atoms with Crippen LogP contribution in [0.5, 0.6) is 0 Å². The van der Waals surface area contributed by atoms with E-state index in [1.165, 1.54) is 42.3 Å². The van der Waals surface area contributed by atoms with Gasteiger partial charge in [-0.25, -0.2) is 4.98 Å². The third-order valence-electron chi connectivity index (χ3n) is 7.09. The molecule has 0 spiro atoms. The molecule has 34 heavy (non-hydrogen) atoms. The summed E-state index contributed by atoms with van der Waals surface area (Å²) in [5.74, 6) is 0. The molecule has 0 aliphatic carbocycles. The fourth-order valence-corrected chi connectivity index (χ4v) is 4.73. The number of benzene rings is 1. The monoisotopic (exact) mass is 462 g/mol. The summed E-state index contributed by atoms with van der Waals surface area (Å²) in [7, 11) is 0. The Morgan fingerprint density at radius 1 is 1.03 bits per heavy atom. The Hall–Kier alpha value is -3.05. The number of hydrogen-bond acceptors (Lipinski definition) is 4. The lowest BCUT2D eigenvalue weighted by atomic mass is 9.74. The first-order chi connectivity index (χ1) is 16.6. The van der Waals surface area contributed by atoms with E-state index in [0.29, 0.717) is 11.1 Å². The highest BCUT2D eigenvalue weighted by atomic mass is 16.5. The third-order valence-corrected chi connectivity index (χ3v) is 7.09. The molecule has 0 radical (unpaired) electrons. The van der Waals surface area contributed by atoms with E-state index in [9.17, 15) is 0 Å². The van der Waals surface area contributed by atoms with Gasteiger partial charge in [-0.05, 0) is 41.5 Å². The van der Waals surface area contributed by atoms with E-state index >= 15 is 0 Å². The summed E-state index contributed by atoms with van der Waals surface area (Å²) in [5.41, 5.74) is 7.52. The van der Waals surface area contributed by atoms with Crippen molar-refractivity contribution in [1.29, 1.82) is 0 Å². The van der Waals surface area contributed by atoms with Crippen molar-refractivity contribution in [3.8, 4) is 0 Å². The molecule has 0 bridgehead atoms. The lowest BCUT2D eigenvalue weighted by Gasteiger charge is -2.42. The summed E-state index contributed by atoms with van der Waals surface area (Å²) in [4.78, 5) is 7.23. The Balaban J connectivity index is 0.000000970. The highest BCUT2D eigenvalue weighted by Crippen LogP contribution is 2.40. The summed E-state index contributed by atoms with van der Waals surface area (Å²) in [6.07, 6.45) is 9.17. The van der Waals surface area contributed by atoms with E-state index in [1.54, 1.807) is 0 Å². The third kappa shape index (κ3) is 5.89. The van der Waals surface area contributed by atoms with E-state index in [0.717, 1.165) is 30.8 Å². The molecule has 2 N–H and O–H groups in total. The number of hydroxylamine groups is 1. The van der Waals surface area contributed by atoms with Gasteiger partial charge in [0, 0.05) is 43.1 Å². The molecule has 1 aliphatic heterocycles. The number of aromatic nitrogens is 2. The second-order valence-electron chi connectivity index (χ2n) is 8.49. The minimum atomic E-state index is 0.496. The first-order valence-electron chi connectivity index (χ1n) is 12.5. The van der Waals surface area contributed by atoms with Gasteiger partial charge in [-0.3, -0.25) is 10.7 Å². The van der Waals surface area contributed by atoms with Crippen LogP contribution in [-0.2, 0) is 6.54 Å². The molecule has 1 fully saturated rings. The van der Waals surface area contributed by atoms with Crippen molar-refractivity contribution in [1.82, 2.24) is 15.0 Å². The van der Waals surface area contributed by atoms with Gasteiger partial charge in [-0.2, -0.15) is 0 Å². The first kappa shape index (κ1) is 27.2. The van der Waals surface area contributed by atoms with Crippen molar-refractivity contribution in [2.75, 3.05) is 18.0 Å².